The first-order valence-corrected chi connectivity index (χ1v) is 9.99. The zero-order valence-corrected chi connectivity index (χ0v) is 19.8. The lowest BCUT2D eigenvalue weighted by Crippen LogP contribution is -2.48. The number of nitrogens with one attached hydrogen (secondary N) is 1. The third-order valence-electron chi connectivity index (χ3n) is 4.55. The lowest BCUT2D eigenvalue weighted by molar-refractivity contribution is 0.0963. The second-order valence-electron chi connectivity index (χ2n) is 6.64. The van der Waals surface area contributed by atoms with Crippen LogP contribution in [0.25, 0.3) is 11.4 Å². The Morgan fingerprint density at radius 1 is 1.37 bits per heavy atom. The van der Waals surface area contributed by atoms with Crippen LogP contribution in [0.5, 0.6) is 0 Å². The predicted octanol–water partition coefficient (Wildman–Crippen LogP) is 3.08. The van der Waals surface area contributed by atoms with Crippen LogP contribution in [-0.4, -0.2) is 59.4 Å². The minimum atomic E-state index is -0.259. The number of amides is 1. The van der Waals surface area contributed by atoms with Gasteiger partial charge >= 0.3 is 6.09 Å². The number of nitrogens with two attached hydrogens (primary N) is 1. The summed E-state index contributed by atoms with van der Waals surface area (Å²) in [7, 11) is 0. The molecule has 0 radical (unpaired) electrons. The van der Waals surface area contributed by atoms with Gasteiger partial charge in [0.15, 0.2) is 5.96 Å². The number of hydrogen-bond acceptors (Lipinski definition) is 6. The Morgan fingerprint density at radius 3 is 2.73 bits per heavy atom. The van der Waals surface area contributed by atoms with Crippen molar-refractivity contribution in [3.05, 3.63) is 35.2 Å². The molecule has 9 nitrogen and oxygen atoms in total. The summed E-state index contributed by atoms with van der Waals surface area (Å²) in [6.07, 6.45) is 1.82. The number of rotatable bonds is 6. The minimum Gasteiger partial charge on any atom is -0.450 e. The molecule has 1 aromatic heterocycles. The molecule has 11 heteroatoms. The molecule has 1 aliphatic heterocycles. The van der Waals surface area contributed by atoms with Gasteiger partial charge in [0.25, 0.3) is 0 Å². The van der Waals surface area contributed by atoms with E-state index in [9.17, 15) is 4.79 Å². The molecule has 3 N–H and O–H groups in total. The predicted molar refractivity (Wildman–Crippen MR) is 125 cm³/mol. The molecule has 2 heterocycles. The van der Waals surface area contributed by atoms with Crippen LogP contribution in [0.2, 0.25) is 5.02 Å². The standard InChI is InChI=1S/C19H25ClN6O3.HI/c1-2-28-19(27)26-11-8-15(9-12-26)23-18(21)22-10-7-16-24-17(25-29-16)13-3-5-14(20)6-4-13;/h3-6,15H,2,7-12H2,1H3,(H3,21,22,23);1H. The second kappa shape index (κ2) is 11.9. The summed E-state index contributed by atoms with van der Waals surface area (Å²) >= 11 is 5.89. The maximum absolute atomic E-state index is 11.7. The maximum atomic E-state index is 11.7. The van der Waals surface area contributed by atoms with Crippen molar-refractivity contribution in [2.24, 2.45) is 10.7 Å². The molecule has 1 aromatic carbocycles. The molecule has 0 saturated carbocycles. The Balaban J connectivity index is 0.00000320. The van der Waals surface area contributed by atoms with Gasteiger partial charge in [-0.15, -0.1) is 24.0 Å². The van der Waals surface area contributed by atoms with E-state index in [2.05, 4.69) is 20.4 Å². The van der Waals surface area contributed by atoms with Gasteiger partial charge in [0.1, 0.15) is 0 Å². The molecule has 1 amide bonds. The monoisotopic (exact) mass is 548 g/mol. The lowest BCUT2D eigenvalue weighted by Gasteiger charge is -2.31. The van der Waals surface area contributed by atoms with E-state index in [1.54, 1.807) is 24.0 Å². The van der Waals surface area contributed by atoms with E-state index in [-0.39, 0.29) is 36.1 Å². The van der Waals surface area contributed by atoms with Crippen LogP contribution < -0.4 is 11.1 Å². The first-order valence-electron chi connectivity index (χ1n) is 9.62. The molecule has 30 heavy (non-hydrogen) atoms. The van der Waals surface area contributed by atoms with Crippen molar-refractivity contribution in [3.63, 3.8) is 0 Å². The van der Waals surface area contributed by atoms with Gasteiger partial charge in [-0.1, -0.05) is 16.8 Å². The Morgan fingerprint density at radius 2 is 2.07 bits per heavy atom. The molecule has 0 spiro atoms. The highest BCUT2D eigenvalue weighted by Gasteiger charge is 2.23. The van der Waals surface area contributed by atoms with Crippen LogP contribution in [0.15, 0.2) is 33.8 Å². The molecule has 1 fully saturated rings. The van der Waals surface area contributed by atoms with Crippen molar-refractivity contribution in [1.82, 2.24) is 20.4 Å². The average Bonchev–Trinajstić information content (AvgIpc) is 3.18. The number of halogens is 2. The van der Waals surface area contributed by atoms with Gasteiger partial charge in [0.2, 0.25) is 11.7 Å². The van der Waals surface area contributed by atoms with E-state index in [1.165, 1.54) is 0 Å². The summed E-state index contributed by atoms with van der Waals surface area (Å²) in [6.45, 7) is 3.90. The molecule has 0 aliphatic carbocycles. The van der Waals surface area contributed by atoms with Crippen LogP contribution in [0, 0.1) is 0 Å². The molecule has 1 saturated heterocycles. The number of aromatic nitrogens is 2. The molecule has 3 rings (SSSR count). The number of ether oxygens (including phenoxy) is 1. The van der Waals surface area contributed by atoms with Crippen molar-refractivity contribution in [2.45, 2.75) is 32.2 Å². The number of benzene rings is 1. The summed E-state index contributed by atoms with van der Waals surface area (Å²) in [5.41, 5.74) is 6.81. The van der Waals surface area contributed by atoms with E-state index in [0.29, 0.717) is 55.4 Å². The van der Waals surface area contributed by atoms with Crippen LogP contribution in [0.1, 0.15) is 25.7 Å². The third-order valence-corrected chi connectivity index (χ3v) is 4.80. The SMILES string of the molecule is CCOC(=O)N1CCC(NC(N)=NCCc2nc(-c3ccc(Cl)cc3)no2)CC1.I. The highest BCUT2D eigenvalue weighted by molar-refractivity contribution is 14.0. The fraction of sp³-hybridized carbons (Fsp3) is 0.474. The van der Waals surface area contributed by atoms with Crippen molar-refractivity contribution < 1.29 is 14.1 Å². The zero-order valence-electron chi connectivity index (χ0n) is 16.7. The average molecular weight is 549 g/mol. The van der Waals surface area contributed by atoms with Gasteiger partial charge in [0, 0.05) is 36.1 Å². The highest BCUT2D eigenvalue weighted by Crippen LogP contribution is 2.18. The van der Waals surface area contributed by atoms with Crippen LogP contribution >= 0.6 is 35.6 Å². The molecule has 0 bridgehead atoms. The van der Waals surface area contributed by atoms with Crippen LogP contribution in [-0.2, 0) is 11.2 Å². The first kappa shape index (κ1) is 24.2. The summed E-state index contributed by atoms with van der Waals surface area (Å²) in [6, 6.07) is 7.42. The fourth-order valence-electron chi connectivity index (χ4n) is 3.02. The molecule has 1 aliphatic rings. The highest BCUT2D eigenvalue weighted by atomic mass is 127. The van der Waals surface area contributed by atoms with Crippen molar-refractivity contribution >= 4 is 47.6 Å². The van der Waals surface area contributed by atoms with Crippen molar-refractivity contribution in [3.8, 4) is 11.4 Å². The zero-order chi connectivity index (χ0) is 20.6. The lowest BCUT2D eigenvalue weighted by atomic mass is 10.1. The number of carbonyl (C=O) groups is 1. The van der Waals surface area contributed by atoms with E-state index >= 15 is 0 Å². The Kier molecular flexibility index (Phi) is 9.63. The van der Waals surface area contributed by atoms with Crippen LogP contribution in [0.3, 0.4) is 0 Å². The van der Waals surface area contributed by atoms with Gasteiger partial charge < -0.3 is 25.2 Å². The number of aliphatic imine (C=N–C) groups is 1. The number of carbonyl (C=O) groups excluding carboxylic acids is 1. The van der Waals surface area contributed by atoms with E-state index in [0.717, 1.165) is 18.4 Å². The minimum absolute atomic E-state index is 0. The number of piperidine rings is 1. The molecular formula is C19H26ClIN6O3. The van der Waals surface area contributed by atoms with Gasteiger partial charge in [-0.2, -0.15) is 4.98 Å². The number of guanidine groups is 1. The van der Waals surface area contributed by atoms with Gasteiger partial charge in [-0.3, -0.25) is 4.99 Å². The molecule has 2 aromatic rings. The summed E-state index contributed by atoms with van der Waals surface area (Å²) < 4.78 is 10.3. The van der Waals surface area contributed by atoms with Gasteiger partial charge in [-0.05, 0) is 44.0 Å². The summed E-state index contributed by atoms with van der Waals surface area (Å²) in [4.78, 5) is 22.1. The number of likely N-dealkylation sites (tertiary alicyclic amines) is 1. The Hall–Kier alpha value is -2.08. The topological polar surface area (TPSA) is 119 Å². The summed E-state index contributed by atoms with van der Waals surface area (Å²) in [5, 5.41) is 7.83. The maximum Gasteiger partial charge on any atom is 0.409 e. The van der Waals surface area contributed by atoms with Crippen molar-refractivity contribution in [2.75, 3.05) is 26.2 Å². The summed E-state index contributed by atoms with van der Waals surface area (Å²) in [5.74, 6) is 1.38. The largest absolute Gasteiger partial charge is 0.450 e. The quantitative estimate of drug-likeness (QED) is 0.323. The molecule has 0 unspecified atom stereocenters. The van der Waals surface area contributed by atoms with E-state index < -0.39 is 0 Å². The smallest absolute Gasteiger partial charge is 0.409 e. The number of hydrogen-bond donors (Lipinski definition) is 2. The number of nitrogens with zero attached hydrogens (tertiary/aromatic N) is 4. The van der Waals surface area contributed by atoms with Gasteiger partial charge in [-0.25, -0.2) is 4.79 Å². The van der Waals surface area contributed by atoms with Crippen molar-refractivity contribution in [1.29, 1.82) is 0 Å². The Bertz CT molecular complexity index is 837. The van der Waals surface area contributed by atoms with E-state index in [4.69, 9.17) is 26.6 Å². The second-order valence-corrected chi connectivity index (χ2v) is 7.08. The van der Waals surface area contributed by atoms with E-state index in [1.807, 2.05) is 12.1 Å². The Labute approximate surface area is 197 Å². The van der Waals surface area contributed by atoms with Crippen LogP contribution in [0.4, 0.5) is 4.79 Å². The molecule has 164 valence electrons. The third kappa shape index (κ3) is 7.01. The normalized spacial score (nSPS) is 14.9. The fourth-order valence-corrected chi connectivity index (χ4v) is 3.15. The first-order chi connectivity index (χ1) is 14.0. The molecule has 0 atom stereocenters. The molecular weight excluding hydrogens is 523 g/mol. The van der Waals surface area contributed by atoms with Gasteiger partial charge in [0.05, 0.1) is 13.2 Å².